The van der Waals surface area contributed by atoms with Crippen LogP contribution in [0.5, 0.6) is 0 Å². The molecule has 17 heavy (non-hydrogen) atoms. The van der Waals surface area contributed by atoms with Gasteiger partial charge in [-0.05, 0) is 42.2 Å². The van der Waals surface area contributed by atoms with E-state index in [0.29, 0.717) is 5.15 Å². The summed E-state index contributed by atoms with van der Waals surface area (Å²) in [5, 5.41) is 9.21. The first-order valence-corrected chi connectivity index (χ1v) is 6.79. The second kappa shape index (κ2) is 4.80. The first kappa shape index (κ1) is 12.6. The maximum atomic E-state index is 6.23. The highest BCUT2D eigenvalue weighted by Crippen LogP contribution is 2.27. The van der Waals surface area contributed by atoms with Crippen LogP contribution in [0.4, 0.5) is 0 Å². The predicted molar refractivity (Wildman–Crippen MR) is 72.6 cm³/mol. The van der Waals surface area contributed by atoms with E-state index in [0.717, 1.165) is 17.7 Å². The molecule has 3 nitrogen and oxygen atoms in total. The van der Waals surface area contributed by atoms with Crippen LogP contribution in [0.25, 0.3) is 0 Å². The van der Waals surface area contributed by atoms with Gasteiger partial charge in [0.05, 0.1) is 5.69 Å². The SMILES string of the molecule is Cc1cscc1C(N)Cc1c(C)nn(C)c1Cl. The van der Waals surface area contributed by atoms with Crippen LogP contribution in [0.1, 0.15) is 28.4 Å². The van der Waals surface area contributed by atoms with Crippen LogP contribution in [0, 0.1) is 13.8 Å². The van der Waals surface area contributed by atoms with Crippen molar-refractivity contribution in [3.8, 4) is 0 Å². The number of thiophene rings is 1. The summed E-state index contributed by atoms with van der Waals surface area (Å²) in [4.78, 5) is 0. The molecular weight excluding hydrogens is 254 g/mol. The zero-order chi connectivity index (χ0) is 12.6. The van der Waals surface area contributed by atoms with E-state index < -0.39 is 0 Å². The molecule has 2 rings (SSSR count). The van der Waals surface area contributed by atoms with Crippen molar-refractivity contribution in [1.82, 2.24) is 9.78 Å². The highest BCUT2D eigenvalue weighted by Gasteiger charge is 2.17. The van der Waals surface area contributed by atoms with Crippen LogP contribution in [-0.4, -0.2) is 9.78 Å². The number of aryl methyl sites for hydroxylation is 3. The van der Waals surface area contributed by atoms with E-state index in [-0.39, 0.29) is 6.04 Å². The first-order chi connectivity index (χ1) is 8.00. The fraction of sp³-hybridized carbons (Fsp3) is 0.417. The van der Waals surface area contributed by atoms with Crippen molar-refractivity contribution in [2.24, 2.45) is 12.8 Å². The Morgan fingerprint density at radius 1 is 1.47 bits per heavy atom. The number of rotatable bonds is 3. The van der Waals surface area contributed by atoms with E-state index in [1.54, 1.807) is 16.0 Å². The summed E-state index contributed by atoms with van der Waals surface area (Å²) in [5.41, 5.74) is 10.7. The van der Waals surface area contributed by atoms with Crippen LogP contribution in [0.15, 0.2) is 10.8 Å². The monoisotopic (exact) mass is 269 g/mol. The average Bonchev–Trinajstić information content (AvgIpc) is 2.78. The minimum Gasteiger partial charge on any atom is -0.324 e. The van der Waals surface area contributed by atoms with Gasteiger partial charge in [-0.1, -0.05) is 11.6 Å². The van der Waals surface area contributed by atoms with E-state index >= 15 is 0 Å². The topological polar surface area (TPSA) is 43.8 Å². The van der Waals surface area contributed by atoms with Gasteiger partial charge in [0.15, 0.2) is 0 Å². The second-order valence-electron chi connectivity index (χ2n) is 4.30. The molecule has 2 heterocycles. The summed E-state index contributed by atoms with van der Waals surface area (Å²) in [7, 11) is 1.85. The number of aromatic nitrogens is 2. The lowest BCUT2D eigenvalue weighted by molar-refractivity contribution is 0.716. The molecule has 2 aromatic rings. The maximum Gasteiger partial charge on any atom is 0.130 e. The van der Waals surface area contributed by atoms with Gasteiger partial charge < -0.3 is 5.73 Å². The first-order valence-electron chi connectivity index (χ1n) is 5.47. The normalized spacial score (nSPS) is 13.0. The minimum absolute atomic E-state index is 0.0124. The molecule has 0 saturated carbocycles. The molecule has 1 unspecified atom stereocenters. The van der Waals surface area contributed by atoms with Crippen LogP contribution in [0.3, 0.4) is 0 Å². The molecule has 0 radical (unpaired) electrons. The molecule has 0 amide bonds. The van der Waals surface area contributed by atoms with E-state index in [1.807, 2.05) is 14.0 Å². The van der Waals surface area contributed by atoms with Crippen molar-refractivity contribution < 1.29 is 0 Å². The maximum absolute atomic E-state index is 6.23. The van der Waals surface area contributed by atoms with Crippen molar-refractivity contribution >= 4 is 22.9 Å². The third kappa shape index (κ3) is 2.39. The van der Waals surface area contributed by atoms with E-state index in [1.165, 1.54) is 11.1 Å². The third-order valence-electron chi connectivity index (χ3n) is 2.99. The van der Waals surface area contributed by atoms with Gasteiger partial charge in [0.2, 0.25) is 0 Å². The van der Waals surface area contributed by atoms with Gasteiger partial charge in [-0.2, -0.15) is 16.4 Å². The van der Waals surface area contributed by atoms with Crippen molar-refractivity contribution in [2.45, 2.75) is 26.3 Å². The zero-order valence-electron chi connectivity index (χ0n) is 10.2. The van der Waals surface area contributed by atoms with E-state index in [9.17, 15) is 0 Å². The predicted octanol–water partition coefficient (Wildman–Crippen LogP) is 2.99. The molecule has 0 aromatic carbocycles. The molecule has 0 aliphatic heterocycles. The third-order valence-corrected chi connectivity index (χ3v) is 4.34. The van der Waals surface area contributed by atoms with Crippen molar-refractivity contribution in [2.75, 3.05) is 0 Å². The number of hydrogen-bond acceptors (Lipinski definition) is 3. The Balaban J connectivity index is 2.24. The van der Waals surface area contributed by atoms with Crippen LogP contribution in [0.2, 0.25) is 5.15 Å². The van der Waals surface area contributed by atoms with Gasteiger partial charge in [-0.3, -0.25) is 4.68 Å². The minimum atomic E-state index is -0.0124. The molecule has 2 aromatic heterocycles. The number of halogens is 1. The lowest BCUT2D eigenvalue weighted by Crippen LogP contribution is -2.14. The molecule has 92 valence electrons. The molecule has 0 fully saturated rings. The Morgan fingerprint density at radius 3 is 2.65 bits per heavy atom. The second-order valence-corrected chi connectivity index (χ2v) is 5.40. The summed E-state index contributed by atoms with van der Waals surface area (Å²) in [6.45, 7) is 4.05. The number of nitrogens with zero attached hydrogens (tertiary/aromatic N) is 2. The van der Waals surface area contributed by atoms with Gasteiger partial charge >= 0.3 is 0 Å². The molecule has 0 aliphatic carbocycles. The highest BCUT2D eigenvalue weighted by molar-refractivity contribution is 7.08. The fourth-order valence-electron chi connectivity index (χ4n) is 1.99. The van der Waals surface area contributed by atoms with Crippen LogP contribution < -0.4 is 5.73 Å². The summed E-state index contributed by atoms with van der Waals surface area (Å²) in [6.07, 6.45) is 0.732. The molecule has 0 bridgehead atoms. The van der Waals surface area contributed by atoms with Gasteiger partial charge in [-0.15, -0.1) is 0 Å². The van der Waals surface area contributed by atoms with Crippen LogP contribution in [-0.2, 0) is 13.5 Å². The van der Waals surface area contributed by atoms with Crippen molar-refractivity contribution in [1.29, 1.82) is 0 Å². The molecule has 0 saturated heterocycles. The lowest BCUT2D eigenvalue weighted by Gasteiger charge is -2.11. The molecule has 0 spiro atoms. The van der Waals surface area contributed by atoms with Gasteiger partial charge in [-0.25, -0.2) is 0 Å². The van der Waals surface area contributed by atoms with Crippen molar-refractivity contribution in [3.05, 3.63) is 38.3 Å². The fourth-order valence-corrected chi connectivity index (χ4v) is 3.15. The van der Waals surface area contributed by atoms with Crippen molar-refractivity contribution in [3.63, 3.8) is 0 Å². The Labute approximate surface area is 110 Å². The average molecular weight is 270 g/mol. The number of hydrogen-bond donors (Lipinski definition) is 1. The Kier molecular flexibility index (Phi) is 3.56. The highest BCUT2D eigenvalue weighted by atomic mass is 35.5. The molecule has 0 aliphatic rings. The van der Waals surface area contributed by atoms with Gasteiger partial charge in [0.25, 0.3) is 0 Å². The Bertz CT molecular complexity index is 530. The van der Waals surface area contributed by atoms with E-state index in [2.05, 4.69) is 22.8 Å². The zero-order valence-corrected chi connectivity index (χ0v) is 11.8. The summed E-state index contributed by atoms with van der Waals surface area (Å²) in [5.74, 6) is 0. The largest absolute Gasteiger partial charge is 0.324 e. The van der Waals surface area contributed by atoms with E-state index in [4.69, 9.17) is 17.3 Å². The standard InChI is InChI=1S/C12H16ClN3S/c1-7-5-17-6-10(7)11(14)4-9-8(2)15-16(3)12(9)13/h5-6,11H,4,14H2,1-3H3. The number of nitrogens with two attached hydrogens (primary N) is 1. The summed E-state index contributed by atoms with van der Waals surface area (Å²) in [6, 6.07) is -0.0124. The molecule has 2 N–H and O–H groups in total. The Morgan fingerprint density at radius 2 is 2.18 bits per heavy atom. The Hall–Kier alpha value is -0.840. The van der Waals surface area contributed by atoms with Gasteiger partial charge in [0.1, 0.15) is 5.15 Å². The quantitative estimate of drug-likeness (QED) is 0.931. The van der Waals surface area contributed by atoms with Gasteiger partial charge in [0, 0.05) is 18.7 Å². The lowest BCUT2D eigenvalue weighted by atomic mass is 10.00. The van der Waals surface area contributed by atoms with Crippen LogP contribution >= 0.6 is 22.9 Å². The molecular formula is C12H16ClN3S. The summed E-state index contributed by atoms with van der Waals surface area (Å²) >= 11 is 7.89. The molecule has 5 heteroatoms. The smallest absolute Gasteiger partial charge is 0.130 e. The molecule has 1 atom stereocenters. The summed E-state index contributed by atoms with van der Waals surface area (Å²) < 4.78 is 1.69.